The van der Waals surface area contributed by atoms with E-state index in [-0.39, 0.29) is 0 Å². The Balaban J connectivity index is 1.72. The van der Waals surface area contributed by atoms with Crippen LogP contribution in [0.3, 0.4) is 0 Å². The molecule has 0 bridgehead atoms. The van der Waals surface area contributed by atoms with Crippen molar-refractivity contribution >= 4 is 29.1 Å². The first kappa shape index (κ1) is 16.6. The topological polar surface area (TPSA) is 40.5 Å². The molecule has 1 saturated heterocycles. The van der Waals surface area contributed by atoms with E-state index < -0.39 is 0 Å². The fraction of sp³-hybridized carbons (Fsp3) is 0.733. The molecule has 0 aromatic carbocycles. The van der Waals surface area contributed by atoms with Crippen LogP contribution < -0.4 is 5.32 Å². The van der Waals surface area contributed by atoms with Gasteiger partial charge in [0.1, 0.15) is 0 Å². The highest BCUT2D eigenvalue weighted by Crippen LogP contribution is 2.21. The Bertz CT molecular complexity index is 458. The molecule has 1 atom stereocenters. The lowest BCUT2D eigenvalue weighted by molar-refractivity contribution is 0.408. The van der Waals surface area contributed by atoms with E-state index in [2.05, 4.69) is 51.2 Å². The zero-order valence-corrected chi connectivity index (χ0v) is 14.9. The third kappa shape index (κ3) is 5.18. The van der Waals surface area contributed by atoms with Gasteiger partial charge in [0.2, 0.25) is 0 Å². The number of rotatable bonds is 5. The van der Waals surface area contributed by atoms with Gasteiger partial charge < -0.3 is 10.2 Å². The van der Waals surface area contributed by atoms with Crippen molar-refractivity contribution in [1.29, 1.82) is 0 Å². The zero-order chi connectivity index (χ0) is 15.1. The number of thiazole rings is 1. The Morgan fingerprint density at radius 3 is 3.10 bits per heavy atom. The number of aryl methyl sites for hydroxylation is 2. The average molecular weight is 327 g/mol. The number of nitrogens with zero attached hydrogens (tertiary/aromatic N) is 3. The monoisotopic (exact) mass is 326 g/mol. The molecule has 1 aromatic heterocycles. The minimum atomic E-state index is 0.746. The number of hydrogen-bond acceptors (Lipinski definition) is 4. The van der Waals surface area contributed by atoms with Crippen LogP contribution in [-0.4, -0.2) is 53.5 Å². The van der Waals surface area contributed by atoms with Crippen LogP contribution in [0.1, 0.15) is 30.5 Å². The molecule has 4 nitrogen and oxygen atoms in total. The number of guanidine groups is 1. The Hall–Kier alpha value is -0.750. The Labute approximate surface area is 136 Å². The summed E-state index contributed by atoms with van der Waals surface area (Å²) in [6.07, 6.45) is 3.39. The quantitative estimate of drug-likeness (QED) is 0.513. The van der Waals surface area contributed by atoms with Gasteiger partial charge in [-0.25, -0.2) is 4.98 Å². The summed E-state index contributed by atoms with van der Waals surface area (Å²) in [5, 5.41) is 7.61. The van der Waals surface area contributed by atoms with E-state index in [1.54, 1.807) is 11.3 Å². The third-order valence-corrected chi connectivity index (χ3v) is 6.02. The lowest BCUT2D eigenvalue weighted by atomic mass is 10.3. The first-order chi connectivity index (χ1) is 10.2. The van der Waals surface area contributed by atoms with E-state index >= 15 is 0 Å². The standard InChI is InChI=1S/C15H26N4S2/c1-4-13-10-19(8-9-20-13)15(16-3)17-7-5-6-14-18-12(2)11-21-14/h11,13H,4-10H2,1-3H3,(H,16,17). The highest BCUT2D eigenvalue weighted by Gasteiger charge is 2.21. The molecule has 0 saturated carbocycles. The maximum absolute atomic E-state index is 4.51. The molecule has 1 aliphatic heterocycles. The van der Waals surface area contributed by atoms with Crippen LogP contribution in [0, 0.1) is 6.92 Å². The lowest BCUT2D eigenvalue weighted by Crippen LogP contribution is -2.48. The molecule has 2 rings (SSSR count). The minimum absolute atomic E-state index is 0.746. The molecule has 1 aliphatic rings. The molecule has 0 amide bonds. The predicted molar refractivity (Wildman–Crippen MR) is 94.6 cm³/mol. The Morgan fingerprint density at radius 2 is 2.43 bits per heavy atom. The highest BCUT2D eigenvalue weighted by molar-refractivity contribution is 8.00. The maximum atomic E-state index is 4.51. The van der Waals surface area contributed by atoms with Crippen LogP contribution in [0.15, 0.2) is 10.4 Å². The van der Waals surface area contributed by atoms with Crippen LogP contribution in [0.2, 0.25) is 0 Å². The van der Waals surface area contributed by atoms with Gasteiger partial charge in [-0.05, 0) is 19.8 Å². The maximum Gasteiger partial charge on any atom is 0.193 e. The fourth-order valence-corrected chi connectivity index (χ4v) is 4.45. The molecule has 0 spiro atoms. The van der Waals surface area contributed by atoms with Crippen LogP contribution in [0.5, 0.6) is 0 Å². The molecule has 0 aliphatic carbocycles. The summed E-state index contributed by atoms with van der Waals surface area (Å²) >= 11 is 3.85. The molecular formula is C15H26N4S2. The average Bonchev–Trinajstić information content (AvgIpc) is 2.93. The number of aromatic nitrogens is 1. The van der Waals surface area contributed by atoms with Crippen molar-refractivity contribution in [1.82, 2.24) is 15.2 Å². The van der Waals surface area contributed by atoms with Gasteiger partial charge in [-0.15, -0.1) is 11.3 Å². The van der Waals surface area contributed by atoms with Crippen molar-refractivity contribution in [2.24, 2.45) is 4.99 Å². The molecule has 1 unspecified atom stereocenters. The van der Waals surface area contributed by atoms with Gasteiger partial charge >= 0.3 is 0 Å². The van der Waals surface area contributed by atoms with Crippen molar-refractivity contribution in [2.45, 2.75) is 38.4 Å². The summed E-state index contributed by atoms with van der Waals surface area (Å²) in [5.74, 6) is 2.27. The van der Waals surface area contributed by atoms with E-state index in [4.69, 9.17) is 0 Å². The molecule has 0 radical (unpaired) electrons. The summed E-state index contributed by atoms with van der Waals surface area (Å²) in [6.45, 7) is 7.51. The number of aliphatic imine (C=N–C) groups is 1. The Morgan fingerprint density at radius 1 is 1.57 bits per heavy atom. The van der Waals surface area contributed by atoms with Gasteiger partial charge in [0.05, 0.1) is 5.01 Å². The largest absolute Gasteiger partial charge is 0.356 e. The zero-order valence-electron chi connectivity index (χ0n) is 13.3. The molecule has 118 valence electrons. The van der Waals surface area contributed by atoms with Crippen LogP contribution >= 0.6 is 23.1 Å². The van der Waals surface area contributed by atoms with Crippen molar-refractivity contribution in [3.8, 4) is 0 Å². The van der Waals surface area contributed by atoms with Crippen LogP contribution in [0.4, 0.5) is 0 Å². The fourth-order valence-electron chi connectivity index (χ4n) is 2.45. The molecule has 2 heterocycles. The van der Waals surface area contributed by atoms with E-state index in [0.29, 0.717) is 0 Å². The summed E-state index contributed by atoms with van der Waals surface area (Å²) in [4.78, 5) is 11.3. The second-order valence-corrected chi connectivity index (χ2v) is 7.66. The summed E-state index contributed by atoms with van der Waals surface area (Å²) in [7, 11) is 1.88. The SMILES string of the molecule is CCC1CN(C(=NC)NCCCc2nc(C)cs2)CCS1. The summed E-state index contributed by atoms with van der Waals surface area (Å²) in [6, 6.07) is 0. The second-order valence-electron chi connectivity index (χ2n) is 5.31. The first-order valence-electron chi connectivity index (χ1n) is 7.71. The van der Waals surface area contributed by atoms with Gasteiger partial charge in [0.25, 0.3) is 0 Å². The number of thioether (sulfide) groups is 1. The van der Waals surface area contributed by atoms with E-state index in [0.717, 1.165) is 49.4 Å². The van der Waals surface area contributed by atoms with E-state index in [9.17, 15) is 0 Å². The van der Waals surface area contributed by atoms with Gasteiger partial charge in [-0.2, -0.15) is 11.8 Å². The molecule has 21 heavy (non-hydrogen) atoms. The molecular weight excluding hydrogens is 300 g/mol. The van der Waals surface area contributed by atoms with E-state index in [1.165, 1.54) is 17.2 Å². The van der Waals surface area contributed by atoms with Crippen molar-refractivity contribution in [2.75, 3.05) is 32.4 Å². The van der Waals surface area contributed by atoms with Gasteiger partial charge in [-0.1, -0.05) is 6.92 Å². The number of nitrogens with one attached hydrogen (secondary N) is 1. The second kappa shape index (κ2) is 8.63. The van der Waals surface area contributed by atoms with E-state index in [1.807, 2.05) is 7.05 Å². The number of hydrogen-bond donors (Lipinski definition) is 1. The molecule has 1 aromatic rings. The Kier molecular flexibility index (Phi) is 6.83. The molecule has 1 fully saturated rings. The van der Waals surface area contributed by atoms with Crippen LogP contribution in [0.25, 0.3) is 0 Å². The smallest absolute Gasteiger partial charge is 0.193 e. The predicted octanol–water partition coefficient (Wildman–Crippen LogP) is 2.79. The minimum Gasteiger partial charge on any atom is -0.356 e. The van der Waals surface area contributed by atoms with Crippen molar-refractivity contribution in [3.63, 3.8) is 0 Å². The van der Waals surface area contributed by atoms with Gasteiger partial charge in [0.15, 0.2) is 5.96 Å². The van der Waals surface area contributed by atoms with Crippen molar-refractivity contribution in [3.05, 3.63) is 16.1 Å². The van der Waals surface area contributed by atoms with Gasteiger partial charge in [0, 0.05) is 55.2 Å². The summed E-state index contributed by atoms with van der Waals surface area (Å²) in [5.41, 5.74) is 1.13. The normalized spacial score (nSPS) is 19.9. The lowest BCUT2D eigenvalue weighted by Gasteiger charge is -2.34. The molecule has 6 heteroatoms. The third-order valence-electron chi connectivity index (χ3n) is 3.62. The highest BCUT2D eigenvalue weighted by atomic mass is 32.2. The van der Waals surface area contributed by atoms with Crippen molar-refractivity contribution < 1.29 is 0 Å². The molecule has 1 N–H and O–H groups in total. The van der Waals surface area contributed by atoms with Gasteiger partial charge in [-0.3, -0.25) is 4.99 Å². The first-order valence-corrected chi connectivity index (χ1v) is 9.64. The van der Waals surface area contributed by atoms with Crippen LogP contribution in [-0.2, 0) is 6.42 Å². The summed E-state index contributed by atoms with van der Waals surface area (Å²) < 4.78 is 0.